The molecule has 2 atom stereocenters. The molecule has 0 aromatic heterocycles. The van der Waals surface area contributed by atoms with Crippen LogP contribution in [0, 0.1) is 0 Å². The molecule has 0 saturated carbocycles. The molecule has 1 aromatic carbocycles. The van der Waals surface area contributed by atoms with Crippen LogP contribution < -0.4 is 10.6 Å². The lowest BCUT2D eigenvalue weighted by atomic mass is 9.88. The summed E-state index contributed by atoms with van der Waals surface area (Å²) in [6, 6.07) is 7.59. The van der Waals surface area contributed by atoms with Crippen molar-refractivity contribution in [2.75, 3.05) is 38.0 Å². The molecule has 2 N–H and O–H groups in total. The highest BCUT2D eigenvalue weighted by Gasteiger charge is 2.37. The second-order valence-electron chi connectivity index (χ2n) is 7.24. The molecule has 3 heterocycles. The SMILES string of the molecule is O=C1CC(C(=O)N2CCCC(N3CCNCC3=O)C2)c2ccccc2N1. The molecule has 0 aliphatic carbocycles. The van der Waals surface area contributed by atoms with Crippen molar-refractivity contribution in [3.8, 4) is 0 Å². The van der Waals surface area contributed by atoms with E-state index < -0.39 is 5.92 Å². The van der Waals surface area contributed by atoms with Gasteiger partial charge in [-0.2, -0.15) is 0 Å². The number of piperazine rings is 1. The first-order valence-electron chi connectivity index (χ1n) is 9.31. The van der Waals surface area contributed by atoms with E-state index in [2.05, 4.69) is 10.6 Å². The van der Waals surface area contributed by atoms with E-state index in [9.17, 15) is 14.4 Å². The Morgan fingerprint density at radius 1 is 1.15 bits per heavy atom. The molecular formula is C19H24N4O3. The van der Waals surface area contributed by atoms with Crippen LogP contribution in [0.2, 0.25) is 0 Å². The Morgan fingerprint density at radius 3 is 2.85 bits per heavy atom. The molecule has 1 aromatic rings. The maximum Gasteiger partial charge on any atom is 0.236 e. The average Bonchev–Trinajstić information content (AvgIpc) is 2.67. The summed E-state index contributed by atoms with van der Waals surface area (Å²) in [6.45, 7) is 3.12. The van der Waals surface area contributed by atoms with Gasteiger partial charge in [0, 0.05) is 44.3 Å². The third-order valence-corrected chi connectivity index (χ3v) is 5.57. The summed E-state index contributed by atoms with van der Waals surface area (Å²) in [4.78, 5) is 41.2. The van der Waals surface area contributed by atoms with E-state index in [-0.39, 0.29) is 30.2 Å². The Bertz CT molecular complexity index is 735. The first-order valence-corrected chi connectivity index (χ1v) is 9.31. The molecule has 0 radical (unpaired) electrons. The van der Waals surface area contributed by atoms with E-state index in [4.69, 9.17) is 0 Å². The third-order valence-electron chi connectivity index (χ3n) is 5.57. The van der Waals surface area contributed by atoms with Crippen LogP contribution in [0.15, 0.2) is 24.3 Å². The third kappa shape index (κ3) is 3.19. The standard InChI is InChI=1S/C19H24N4O3/c24-17-10-15(14-5-1-2-6-16(14)21-17)19(26)22-8-3-4-13(12-22)23-9-7-20-11-18(23)25/h1-2,5-6,13,15,20H,3-4,7-12H2,(H,21,24). The average molecular weight is 356 g/mol. The Balaban J connectivity index is 1.51. The number of piperidine rings is 1. The van der Waals surface area contributed by atoms with Gasteiger partial charge in [-0.15, -0.1) is 0 Å². The normalized spacial score (nSPS) is 26.3. The van der Waals surface area contributed by atoms with Crippen LogP contribution in [0.3, 0.4) is 0 Å². The summed E-state index contributed by atoms with van der Waals surface area (Å²) in [6.07, 6.45) is 2.00. The number of amides is 3. The molecule has 0 bridgehead atoms. The lowest BCUT2D eigenvalue weighted by molar-refractivity contribution is -0.141. The number of rotatable bonds is 2. The molecule has 7 heteroatoms. The van der Waals surface area contributed by atoms with Crippen molar-refractivity contribution in [2.45, 2.75) is 31.2 Å². The minimum atomic E-state index is -0.433. The number of likely N-dealkylation sites (tertiary alicyclic amines) is 1. The van der Waals surface area contributed by atoms with Crippen molar-refractivity contribution >= 4 is 23.4 Å². The van der Waals surface area contributed by atoms with Gasteiger partial charge in [-0.25, -0.2) is 0 Å². The van der Waals surface area contributed by atoms with Crippen LogP contribution >= 0.6 is 0 Å². The molecular weight excluding hydrogens is 332 g/mol. The fraction of sp³-hybridized carbons (Fsp3) is 0.526. The minimum Gasteiger partial charge on any atom is -0.340 e. The van der Waals surface area contributed by atoms with E-state index in [1.54, 1.807) is 0 Å². The lowest BCUT2D eigenvalue weighted by Gasteiger charge is -2.42. The van der Waals surface area contributed by atoms with Crippen LogP contribution in [0.4, 0.5) is 5.69 Å². The highest BCUT2D eigenvalue weighted by Crippen LogP contribution is 2.34. The van der Waals surface area contributed by atoms with Gasteiger partial charge in [-0.1, -0.05) is 18.2 Å². The van der Waals surface area contributed by atoms with Gasteiger partial charge in [0.1, 0.15) is 0 Å². The maximum atomic E-state index is 13.2. The van der Waals surface area contributed by atoms with E-state index in [1.165, 1.54) is 0 Å². The molecule has 2 fully saturated rings. The summed E-state index contributed by atoms with van der Waals surface area (Å²) in [7, 11) is 0. The van der Waals surface area contributed by atoms with Crippen LogP contribution in [0.1, 0.15) is 30.7 Å². The number of carbonyl (C=O) groups is 3. The van der Waals surface area contributed by atoms with E-state index >= 15 is 0 Å². The van der Waals surface area contributed by atoms with Crippen molar-refractivity contribution in [3.05, 3.63) is 29.8 Å². The van der Waals surface area contributed by atoms with Gasteiger partial charge < -0.3 is 20.4 Å². The number of nitrogens with one attached hydrogen (secondary N) is 2. The predicted molar refractivity (Wildman–Crippen MR) is 96.6 cm³/mol. The second kappa shape index (κ2) is 7.07. The molecule has 7 nitrogen and oxygen atoms in total. The highest BCUT2D eigenvalue weighted by molar-refractivity contribution is 6.01. The van der Waals surface area contributed by atoms with E-state index in [1.807, 2.05) is 34.1 Å². The minimum absolute atomic E-state index is 0.000386. The van der Waals surface area contributed by atoms with Gasteiger partial charge in [0.2, 0.25) is 17.7 Å². The van der Waals surface area contributed by atoms with Gasteiger partial charge in [0.05, 0.1) is 12.5 Å². The molecule has 3 amide bonds. The summed E-state index contributed by atoms with van der Waals surface area (Å²) >= 11 is 0. The number of nitrogens with zero attached hydrogens (tertiary/aromatic N) is 2. The lowest BCUT2D eigenvalue weighted by Crippen LogP contribution is -2.58. The van der Waals surface area contributed by atoms with Crippen LogP contribution in [0.5, 0.6) is 0 Å². The van der Waals surface area contributed by atoms with Crippen molar-refractivity contribution in [1.82, 2.24) is 15.1 Å². The number of anilines is 1. The number of fused-ring (bicyclic) bond motifs is 1. The number of hydrogen-bond acceptors (Lipinski definition) is 4. The van der Waals surface area contributed by atoms with E-state index in [0.717, 1.165) is 30.6 Å². The highest BCUT2D eigenvalue weighted by atomic mass is 16.2. The number of para-hydroxylation sites is 1. The van der Waals surface area contributed by atoms with Crippen molar-refractivity contribution in [2.24, 2.45) is 0 Å². The fourth-order valence-corrected chi connectivity index (χ4v) is 4.27. The predicted octanol–water partition coefficient (Wildman–Crippen LogP) is 0.535. The molecule has 2 saturated heterocycles. The van der Waals surface area contributed by atoms with Crippen molar-refractivity contribution < 1.29 is 14.4 Å². The number of hydrogen-bond donors (Lipinski definition) is 2. The monoisotopic (exact) mass is 356 g/mol. The Kier molecular flexibility index (Phi) is 4.63. The zero-order chi connectivity index (χ0) is 18.1. The van der Waals surface area contributed by atoms with Crippen LogP contribution in [-0.2, 0) is 14.4 Å². The fourth-order valence-electron chi connectivity index (χ4n) is 4.27. The van der Waals surface area contributed by atoms with Gasteiger partial charge in [-0.05, 0) is 24.5 Å². The molecule has 138 valence electrons. The molecule has 4 rings (SSSR count). The van der Waals surface area contributed by atoms with Crippen molar-refractivity contribution in [3.63, 3.8) is 0 Å². The first-order chi connectivity index (χ1) is 12.6. The Hall–Kier alpha value is -2.41. The summed E-state index contributed by atoms with van der Waals surface area (Å²) in [5.74, 6) is -0.442. The smallest absolute Gasteiger partial charge is 0.236 e. The van der Waals surface area contributed by atoms with Gasteiger partial charge >= 0.3 is 0 Å². The largest absolute Gasteiger partial charge is 0.340 e. The van der Waals surface area contributed by atoms with Crippen LogP contribution in [0.25, 0.3) is 0 Å². The van der Waals surface area contributed by atoms with Crippen molar-refractivity contribution in [1.29, 1.82) is 0 Å². The molecule has 26 heavy (non-hydrogen) atoms. The first kappa shape index (κ1) is 17.0. The van der Waals surface area contributed by atoms with Gasteiger partial charge in [-0.3, -0.25) is 14.4 Å². The Morgan fingerprint density at radius 2 is 2.00 bits per heavy atom. The summed E-state index contributed by atoms with van der Waals surface area (Å²) in [5.41, 5.74) is 1.62. The zero-order valence-corrected chi connectivity index (χ0v) is 14.7. The van der Waals surface area contributed by atoms with Gasteiger partial charge in [0.15, 0.2) is 0 Å². The number of benzene rings is 1. The van der Waals surface area contributed by atoms with Gasteiger partial charge in [0.25, 0.3) is 0 Å². The zero-order valence-electron chi connectivity index (χ0n) is 14.7. The number of carbonyl (C=O) groups excluding carboxylic acids is 3. The van der Waals surface area contributed by atoms with E-state index in [0.29, 0.717) is 26.2 Å². The topological polar surface area (TPSA) is 81.8 Å². The molecule has 3 aliphatic heterocycles. The second-order valence-corrected chi connectivity index (χ2v) is 7.24. The molecule has 0 spiro atoms. The quantitative estimate of drug-likeness (QED) is 0.810. The summed E-state index contributed by atoms with van der Waals surface area (Å²) < 4.78 is 0. The van der Waals surface area contributed by atoms with Crippen LogP contribution in [-0.4, -0.2) is 66.3 Å². The Labute approximate surface area is 152 Å². The maximum absolute atomic E-state index is 13.2. The molecule has 3 aliphatic rings. The summed E-state index contributed by atoms with van der Waals surface area (Å²) in [5, 5.41) is 5.93. The molecule has 2 unspecified atom stereocenters.